The predicted octanol–water partition coefficient (Wildman–Crippen LogP) is 5.95. The van der Waals surface area contributed by atoms with E-state index in [0.717, 1.165) is 78.0 Å². The van der Waals surface area contributed by atoms with Gasteiger partial charge in [0.25, 0.3) is 5.91 Å². The highest BCUT2D eigenvalue weighted by Crippen LogP contribution is 2.61. The number of amides is 1. The number of aromatic nitrogens is 2. The summed E-state index contributed by atoms with van der Waals surface area (Å²) in [5, 5.41) is 6.03. The molecule has 4 saturated carbocycles. The van der Waals surface area contributed by atoms with Crippen molar-refractivity contribution in [2.45, 2.75) is 50.5 Å². The molecule has 192 valence electrons. The minimum atomic E-state index is 0.0751. The fourth-order valence-corrected chi connectivity index (χ4v) is 8.38. The minimum Gasteiger partial charge on any atom is -0.336 e. The van der Waals surface area contributed by atoms with Crippen LogP contribution in [-0.4, -0.2) is 51.7 Å². The Kier molecular flexibility index (Phi) is 5.89. The van der Waals surface area contributed by atoms with E-state index in [2.05, 4.69) is 28.0 Å². The van der Waals surface area contributed by atoms with Crippen molar-refractivity contribution < 1.29 is 4.79 Å². The molecule has 2 aromatic carbocycles. The molecule has 0 unspecified atom stereocenters. The Morgan fingerprint density at radius 1 is 0.865 bits per heavy atom. The topological polar surface area (TPSA) is 41.4 Å². The molecule has 0 N–H and O–H groups in total. The van der Waals surface area contributed by atoms with Crippen LogP contribution in [0.15, 0.2) is 60.8 Å². The van der Waals surface area contributed by atoms with Gasteiger partial charge in [-0.05, 0) is 80.0 Å². The standard InChI is InChI=1S/C31H35ClN4O/c32-28-9-5-4-6-25(28)20-34-10-12-35(13-11-34)30(37)27-21-36(26-7-2-1-3-8-26)33-29(27)31-17-22-14-23(18-31)16-24(15-22)19-31/h1-9,21-24H,10-20H2. The van der Waals surface area contributed by atoms with Gasteiger partial charge in [-0.1, -0.05) is 48.0 Å². The molecular weight excluding hydrogens is 480 g/mol. The van der Waals surface area contributed by atoms with E-state index in [1.54, 1.807) is 0 Å². The molecular formula is C31H35ClN4O. The number of nitrogens with zero attached hydrogens (tertiary/aromatic N) is 4. The third-order valence-electron chi connectivity index (χ3n) is 9.52. The Balaban J connectivity index is 1.16. The Morgan fingerprint density at radius 2 is 1.49 bits per heavy atom. The quantitative estimate of drug-likeness (QED) is 0.422. The minimum absolute atomic E-state index is 0.0751. The van der Waals surface area contributed by atoms with Gasteiger partial charge in [0, 0.05) is 49.4 Å². The third kappa shape index (κ3) is 4.30. The Labute approximate surface area is 224 Å². The van der Waals surface area contributed by atoms with Crippen LogP contribution >= 0.6 is 11.6 Å². The van der Waals surface area contributed by atoms with Crippen LogP contribution in [0, 0.1) is 17.8 Å². The number of para-hydroxylation sites is 1. The molecule has 1 aromatic heterocycles. The zero-order valence-electron chi connectivity index (χ0n) is 21.4. The maximum absolute atomic E-state index is 14.1. The Hall–Kier alpha value is -2.63. The normalized spacial score (nSPS) is 29.1. The molecule has 4 bridgehead atoms. The summed E-state index contributed by atoms with van der Waals surface area (Å²) in [6.07, 6.45) is 9.80. The summed E-state index contributed by atoms with van der Waals surface area (Å²) < 4.78 is 1.97. The van der Waals surface area contributed by atoms with Crippen LogP contribution in [0.25, 0.3) is 5.69 Å². The lowest BCUT2D eigenvalue weighted by Gasteiger charge is -2.56. The van der Waals surface area contributed by atoms with Crippen molar-refractivity contribution in [3.05, 3.63) is 82.6 Å². The maximum atomic E-state index is 14.1. The molecule has 5 fully saturated rings. The SMILES string of the molecule is O=C(c1cn(-c2ccccc2)nc1C12CC3CC(CC(C3)C1)C2)N1CCN(Cc2ccccc2Cl)CC1. The summed E-state index contributed by atoms with van der Waals surface area (Å²) in [6.45, 7) is 4.01. The van der Waals surface area contributed by atoms with Crippen molar-refractivity contribution >= 4 is 17.5 Å². The first-order valence-electron chi connectivity index (χ1n) is 14.0. The summed E-state index contributed by atoms with van der Waals surface area (Å²) in [7, 11) is 0. The second-order valence-electron chi connectivity index (χ2n) is 12.0. The van der Waals surface area contributed by atoms with Crippen molar-refractivity contribution in [1.29, 1.82) is 0 Å². The van der Waals surface area contributed by atoms with Gasteiger partial charge in [-0.2, -0.15) is 5.10 Å². The van der Waals surface area contributed by atoms with Gasteiger partial charge in [-0.3, -0.25) is 9.69 Å². The van der Waals surface area contributed by atoms with Gasteiger partial charge in [0.05, 0.1) is 16.9 Å². The molecule has 2 heterocycles. The van der Waals surface area contributed by atoms with Crippen molar-refractivity contribution in [3.63, 3.8) is 0 Å². The first-order valence-corrected chi connectivity index (χ1v) is 14.3. The van der Waals surface area contributed by atoms with Crippen molar-refractivity contribution in [2.24, 2.45) is 17.8 Å². The monoisotopic (exact) mass is 514 g/mol. The molecule has 6 heteroatoms. The summed E-state index contributed by atoms with van der Waals surface area (Å²) >= 11 is 6.40. The number of carbonyl (C=O) groups is 1. The molecule has 1 saturated heterocycles. The molecule has 0 radical (unpaired) electrons. The van der Waals surface area contributed by atoms with Crippen LogP contribution in [0.5, 0.6) is 0 Å². The number of halogens is 1. The summed E-state index contributed by atoms with van der Waals surface area (Å²) in [6, 6.07) is 18.3. The fourth-order valence-electron chi connectivity index (χ4n) is 8.18. The van der Waals surface area contributed by atoms with Crippen LogP contribution < -0.4 is 0 Å². The molecule has 37 heavy (non-hydrogen) atoms. The maximum Gasteiger partial charge on any atom is 0.257 e. The largest absolute Gasteiger partial charge is 0.336 e. The molecule has 1 aliphatic heterocycles. The van der Waals surface area contributed by atoms with Crippen molar-refractivity contribution in [2.75, 3.05) is 26.2 Å². The second kappa shape index (κ2) is 9.28. The van der Waals surface area contributed by atoms with E-state index in [0.29, 0.717) is 0 Å². The van der Waals surface area contributed by atoms with Crippen LogP contribution in [0.2, 0.25) is 5.02 Å². The van der Waals surface area contributed by atoms with Crippen molar-refractivity contribution in [3.8, 4) is 5.69 Å². The Bertz CT molecular complexity index is 1260. The van der Waals surface area contributed by atoms with E-state index in [1.807, 2.05) is 47.3 Å². The van der Waals surface area contributed by atoms with Gasteiger partial charge in [-0.25, -0.2) is 4.68 Å². The molecule has 1 amide bonds. The molecule has 0 spiro atoms. The van der Waals surface area contributed by atoms with Gasteiger partial charge < -0.3 is 4.90 Å². The van der Waals surface area contributed by atoms with Crippen LogP contribution in [0.4, 0.5) is 0 Å². The van der Waals surface area contributed by atoms with E-state index in [-0.39, 0.29) is 11.3 Å². The highest BCUT2D eigenvalue weighted by molar-refractivity contribution is 6.31. The highest BCUT2D eigenvalue weighted by Gasteiger charge is 2.54. The van der Waals surface area contributed by atoms with Gasteiger partial charge in [-0.15, -0.1) is 0 Å². The fraction of sp³-hybridized carbons (Fsp3) is 0.484. The smallest absolute Gasteiger partial charge is 0.257 e. The van der Waals surface area contributed by atoms with E-state index >= 15 is 0 Å². The van der Waals surface area contributed by atoms with Gasteiger partial charge in [0.15, 0.2) is 0 Å². The van der Waals surface area contributed by atoms with Gasteiger partial charge in [0.1, 0.15) is 0 Å². The van der Waals surface area contributed by atoms with Crippen LogP contribution in [0.1, 0.15) is 60.1 Å². The summed E-state index contributed by atoms with van der Waals surface area (Å²) in [5.74, 6) is 2.59. The van der Waals surface area contributed by atoms with E-state index < -0.39 is 0 Å². The number of rotatable bonds is 5. The number of hydrogen-bond donors (Lipinski definition) is 0. The molecule has 4 aliphatic carbocycles. The highest BCUT2D eigenvalue weighted by atomic mass is 35.5. The average molecular weight is 515 g/mol. The average Bonchev–Trinajstić information content (AvgIpc) is 3.37. The number of hydrogen-bond acceptors (Lipinski definition) is 3. The van der Waals surface area contributed by atoms with Gasteiger partial charge in [0.2, 0.25) is 0 Å². The number of benzene rings is 2. The lowest BCUT2D eigenvalue weighted by molar-refractivity contribution is -0.00793. The zero-order valence-corrected chi connectivity index (χ0v) is 22.1. The number of carbonyl (C=O) groups excluding carboxylic acids is 1. The summed E-state index contributed by atoms with van der Waals surface area (Å²) in [4.78, 5) is 18.6. The molecule has 5 nitrogen and oxygen atoms in total. The van der Waals surface area contributed by atoms with E-state index in [1.165, 1.54) is 38.5 Å². The summed E-state index contributed by atoms with van der Waals surface area (Å²) in [5.41, 5.74) is 4.17. The van der Waals surface area contributed by atoms with Crippen LogP contribution in [-0.2, 0) is 12.0 Å². The molecule has 0 atom stereocenters. The van der Waals surface area contributed by atoms with Crippen molar-refractivity contribution in [1.82, 2.24) is 19.6 Å². The first-order chi connectivity index (χ1) is 18.1. The predicted molar refractivity (Wildman–Crippen MR) is 146 cm³/mol. The lowest BCUT2D eigenvalue weighted by Crippen LogP contribution is -2.51. The van der Waals surface area contributed by atoms with E-state index in [4.69, 9.17) is 16.7 Å². The third-order valence-corrected chi connectivity index (χ3v) is 9.89. The lowest BCUT2D eigenvalue weighted by atomic mass is 9.48. The van der Waals surface area contributed by atoms with Gasteiger partial charge >= 0.3 is 0 Å². The second-order valence-corrected chi connectivity index (χ2v) is 12.4. The molecule has 3 aromatic rings. The van der Waals surface area contributed by atoms with Crippen LogP contribution in [0.3, 0.4) is 0 Å². The molecule has 5 aliphatic rings. The number of piperazine rings is 1. The van der Waals surface area contributed by atoms with E-state index in [9.17, 15) is 4.79 Å². The molecule has 8 rings (SSSR count). The first kappa shape index (κ1) is 23.5. The Morgan fingerprint density at radius 3 is 2.14 bits per heavy atom. The zero-order chi connectivity index (χ0) is 25.0.